The molecule has 0 aliphatic heterocycles. The van der Waals surface area contributed by atoms with Crippen LogP contribution in [0.3, 0.4) is 0 Å². The minimum absolute atomic E-state index is 0.278. The van der Waals surface area contributed by atoms with Crippen LogP contribution in [0.15, 0.2) is 73.3 Å². The summed E-state index contributed by atoms with van der Waals surface area (Å²) < 4.78 is 0. The lowest BCUT2D eigenvalue weighted by Gasteiger charge is -2.28. The number of pyridine rings is 2. The molecule has 3 aromatic rings. The summed E-state index contributed by atoms with van der Waals surface area (Å²) in [6.07, 6.45) is 5.75. The summed E-state index contributed by atoms with van der Waals surface area (Å²) in [4.78, 5) is 19.8. The zero-order valence-corrected chi connectivity index (χ0v) is 14.0. The van der Waals surface area contributed by atoms with Crippen molar-refractivity contribution in [1.29, 1.82) is 0 Å². The van der Waals surface area contributed by atoms with Gasteiger partial charge in [-0.05, 0) is 41.0 Å². The van der Waals surface area contributed by atoms with Crippen molar-refractivity contribution in [1.82, 2.24) is 15.3 Å². The fourth-order valence-electron chi connectivity index (χ4n) is 2.86. The maximum absolute atomic E-state index is 11.4. The van der Waals surface area contributed by atoms with Gasteiger partial charge in [0, 0.05) is 35.7 Å². The molecule has 0 aliphatic rings. The average molecular weight is 354 g/mol. The molecular formula is C19H16ClN3O2. The van der Waals surface area contributed by atoms with Crippen molar-refractivity contribution in [3.8, 4) is 0 Å². The summed E-state index contributed by atoms with van der Waals surface area (Å²) in [5.74, 6) is -0.278. The summed E-state index contributed by atoms with van der Waals surface area (Å²) in [6, 6.07) is 14.1. The zero-order chi connectivity index (χ0) is 17.6. The van der Waals surface area contributed by atoms with Gasteiger partial charge in [0.05, 0.1) is 6.04 Å². The zero-order valence-electron chi connectivity index (χ0n) is 13.2. The molecule has 2 N–H and O–H groups in total. The quantitative estimate of drug-likeness (QED) is 0.718. The lowest BCUT2D eigenvalue weighted by atomic mass is 9.83. The minimum Gasteiger partial charge on any atom is -0.465 e. The van der Waals surface area contributed by atoms with Gasteiger partial charge in [-0.1, -0.05) is 35.9 Å². The molecule has 126 valence electrons. The van der Waals surface area contributed by atoms with Crippen LogP contribution in [0.1, 0.15) is 28.7 Å². The van der Waals surface area contributed by atoms with Crippen LogP contribution in [0.5, 0.6) is 0 Å². The molecule has 0 fully saturated rings. The van der Waals surface area contributed by atoms with E-state index in [1.54, 1.807) is 36.9 Å². The van der Waals surface area contributed by atoms with Crippen molar-refractivity contribution in [3.63, 3.8) is 0 Å². The topological polar surface area (TPSA) is 75.1 Å². The molecular weight excluding hydrogens is 338 g/mol. The van der Waals surface area contributed by atoms with Gasteiger partial charge in [0.1, 0.15) is 0 Å². The maximum atomic E-state index is 11.4. The first kappa shape index (κ1) is 16.9. The molecule has 2 aromatic heterocycles. The normalized spacial score (nSPS) is 11.9. The molecule has 0 aliphatic carbocycles. The number of aromatic nitrogens is 2. The fraction of sp³-hybridized carbons (Fsp3) is 0.105. The summed E-state index contributed by atoms with van der Waals surface area (Å²) >= 11 is 5.98. The summed E-state index contributed by atoms with van der Waals surface area (Å²) in [6.45, 7) is 0. The van der Waals surface area contributed by atoms with E-state index in [4.69, 9.17) is 11.6 Å². The van der Waals surface area contributed by atoms with E-state index < -0.39 is 12.1 Å². The van der Waals surface area contributed by atoms with Gasteiger partial charge in [-0.25, -0.2) is 4.79 Å². The molecule has 1 atom stereocenters. The Morgan fingerprint density at radius 3 is 1.92 bits per heavy atom. The third-order valence-electron chi connectivity index (χ3n) is 3.93. The lowest BCUT2D eigenvalue weighted by Crippen LogP contribution is -2.32. The highest BCUT2D eigenvalue weighted by atomic mass is 35.5. The van der Waals surface area contributed by atoms with E-state index >= 15 is 0 Å². The molecule has 0 radical (unpaired) electrons. The van der Waals surface area contributed by atoms with Crippen LogP contribution in [0.4, 0.5) is 4.79 Å². The highest BCUT2D eigenvalue weighted by molar-refractivity contribution is 6.30. The van der Waals surface area contributed by atoms with Crippen LogP contribution >= 0.6 is 11.6 Å². The number of hydrogen-bond acceptors (Lipinski definition) is 3. The molecule has 0 spiro atoms. The van der Waals surface area contributed by atoms with E-state index in [1.807, 2.05) is 36.4 Å². The molecule has 1 aromatic carbocycles. The van der Waals surface area contributed by atoms with E-state index in [-0.39, 0.29) is 5.92 Å². The molecule has 25 heavy (non-hydrogen) atoms. The third-order valence-corrected chi connectivity index (χ3v) is 4.18. The number of rotatable bonds is 5. The van der Waals surface area contributed by atoms with Crippen LogP contribution in [-0.4, -0.2) is 21.2 Å². The molecule has 1 unspecified atom stereocenters. The molecule has 0 bridgehead atoms. The first-order chi connectivity index (χ1) is 12.1. The standard InChI is InChI=1S/C19H16ClN3O2/c20-16-7-5-13(6-8-16)18(23-19(24)25)17(14-3-1-9-21-11-14)15-4-2-10-22-12-15/h1-12,17-18,23H,(H,24,25). The molecule has 3 rings (SSSR count). The number of carbonyl (C=O) groups is 1. The van der Waals surface area contributed by atoms with Crippen molar-refractivity contribution in [3.05, 3.63) is 95.0 Å². The fourth-order valence-corrected chi connectivity index (χ4v) is 2.99. The monoisotopic (exact) mass is 353 g/mol. The van der Waals surface area contributed by atoms with E-state index in [2.05, 4.69) is 15.3 Å². The van der Waals surface area contributed by atoms with E-state index in [9.17, 15) is 9.90 Å². The predicted molar refractivity (Wildman–Crippen MR) is 95.7 cm³/mol. The Morgan fingerprint density at radius 2 is 1.48 bits per heavy atom. The summed E-state index contributed by atoms with van der Waals surface area (Å²) in [5, 5.41) is 12.6. The SMILES string of the molecule is O=C(O)NC(c1ccc(Cl)cc1)C(c1cccnc1)c1cccnc1. The van der Waals surface area contributed by atoms with Gasteiger partial charge in [0.25, 0.3) is 0 Å². The first-order valence-electron chi connectivity index (χ1n) is 7.70. The average Bonchev–Trinajstić information content (AvgIpc) is 2.63. The largest absolute Gasteiger partial charge is 0.465 e. The van der Waals surface area contributed by atoms with Gasteiger partial charge in [-0.15, -0.1) is 0 Å². The van der Waals surface area contributed by atoms with Crippen molar-refractivity contribution in [2.75, 3.05) is 0 Å². The van der Waals surface area contributed by atoms with Gasteiger partial charge < -0.3 is 10.4 Å². The Kier molecular flexibility index (Phi) is 5.26. The second kappa shape index (κ2) is 7.77. The first-order valence-corrected chi connectivity index (χ1v) is 8.07. The second-order valence-corrected chi connectivity index (χ2v) is 5.97. The Labute approximate surface area is 150 Å². The molecule has 0 saturated heterocycles. The number of nitrogens with zero attached hydrogens (tertiary/aromatic N) is 2. The minimum atomic E-state index is -1.10. The molecule has 2 heterocycles. The number of carboxylic acid groups (broad SMARTS) is 1. The van der Waals surface area contributed by atoms with Crippen molar-refractivity contribution in [2.45, 2.75) is 12.0 Å². The molecule has 6 heteroatoms. The Balaban J connectivity index is 2.12. The lowest BCUT2D eigenvalue weighted by molar-refractivity contribution is 0.188. The highest BCUT2D eigenvalue weighted by Crippen LogP contribution is 2.36. The number of amides is 1. The third kappa shape index (κ3) is 4.14. The van der Waals surface area contributed by atoms with Crippen LogP contribution < -0.4 is 5.32 Å². The Hall–Kier alpha value is -2.92. The van der Waals surface area contributed by atoms with Gasteiger partial charge in [0.15, 0.2) is 0 Å². The number of halogens is 1. The van der Waals surface area contributed by atoms with Crippen LogP contribution in [0, 0.1) is 0 Å². The maximum Gasteiger partial charge on any atom is 0.405 e. The summed E-state index contributed by atoms with van der Waals surface area (Å²) in [5.41, 5.74) is 2.60. The number of hydrogen-bond donors (Lipinski definition) is 2. The van der Waals surface area contributed by atoms with E-state index in [1.165, 1.54) is 0 Å². The number of benzene rings is 1. The predicted octanol–water partition coefficient (Wildman–Crippen LogP) is 4.27. The highest BCUT2D eigenvalue weighted by Gasteiger charge is 2.28. The van der Waals surface area contributed by atoms with E-state index in [0.29, 0.717) is 5.02 Å². The number of nitrogens with one attached hydrogen (secondary N) is 1. The van der Waals surface area contributed by atoms with Gasteiger partial charge in [-0.2, -0.15) is 0 Å². The summed E-state index contributed by atoms with van der Waals surface area (Å²) in [7, 11) is 0. The van der Waals surface area contributed by atoms with Crippen LogP contribution in [-0.2, 0) is 0 Å². The Bertz CT molecular complexity index is 787. The van der Waals surface area contributed by atoms with Gasteiger partial charge >= 0.3 is 6.09 Å². The van der Waals surface area contributed by atoms with Crippen LogP contribution in [0.25, 0.3) is 0 Å². The van der Waals surface area contributed by atoms with E-state index in [0.717, 1.165) is 16.7 Å². The van der Waals surface area contributed by atoms with Crippen molar-refractivity contribution in [2.24, 2.45) is 0 Å². The van der Waals surface area contributed by atoms with Gasteiger partial charge in [0.2, 0.25) is 0 Å². The van der Waals surface area contributed by atoms with Crippen molar-refractivity contribution >= 4 is 17.7 Å². The second-order valence-electron chi connectivity index (χ2n) is 5.53. The Morgan fingerprint density at radius 1 is 0.920 bits per heavy atom. The molecule has 5 nitrogen and oxygen atoms in total. The van der Waals surface area contributed by atoms with Gasteiger partial charge in [-0.3, -0.25) is 9.97 Å². The smallest absolute Gasteiger partial charge is 0.405 e. The molecule has 1 amide bonds. The van der Waals surface area contributed by atoms with Crippen LogP contribution in [0.2, 0.25) is 5.02 Å². The van der Waals surface area contributed by atoms with Crippen molar-refractivity contribution < 1.29 is 9.90 Å². The molecule has 0 saturated carbocycles.